The Kier molecular flexibility index (Phi) is 12.0. The molecule has 0 aromatic heterocycles. The van der Waals surface area contributed by atoms with Gasteiger partial charge in [-0.1, -0.05) is 66.2 Å². The first kappa shape index (κ1) is 18.0. The first-order chi connectivity index (χ1) is 8.67. The molecule has 18 heavy (non-hydrogen) atoms. The summed E-state index contributed by atoms with van der Waals surface area (Å²) in [5.74, 6) is 1.71. The lowest BCUT2D eigenvalue weighted by Gasteiger charge is -2.26. The molecule has 0 saturated carbocycles. The second kappa shape index (κ2) is 12.0. The average Bonchev–Trinajstić information content (AvgIpc) is 2.39. The van der Waals surface area contributed by atoms with Crippen LogP contribution in [0.15, 0.2) is 0 Å². The van der Waals surface area contributed by atoms with Crippen LogP contribution in [0.2, 0.25) is 0 Å². The van der Waals surface area contributed by atoms with E-state index in [4.69, 9.17) is 0 Å². The molecule has 1 heteroatoms. The Morgan fingerprint density at radius 1 is 0.778 bits per heavy atom. The molecule has 109 valence electrons. The van der Waals surface area contributed by atoms with Crippen molar-refractivity contribution in [3.05, 3.63) is 7.05 Å². The van der Waals surface area contributed by atoms with E-state index < -0.39 is 0 Å². The summed E-state index contributed by atoms with van der Waals surface area (Å²) in [6.07, 6.45) is 10.8. The summed E-state index contributed by atoms with van der Waals surface area (Å²) in [7, 11) is 4.26. The zero-order chi connectivity index (χ0) is 13.8. The van der Waals surface area contributed by atoms with Crippen molar-refractivity contribution in [3.63, 3.8) is 0 Å². The fraction of sp³-hybridized carbons (Fsp3) is 0.941. The van der Waals surface area contributed by atoms with Crippen LogP contribution in [-0.2, 0) is 0 Å². The predicted octanol–water partition coefficient (Wildman–Crippen LogP) is 5.51. The Hall–Kier alpha value is -0.0400. The van der Waals surface area contributed by atoms with E-state index in [2.05, 4.69) is 39.6 Å². The van der Waals surface area contributed by atoms with Gasteiger partial charge < -0.3 is 4.90 Å². The van der Waals surface area contributed by atoms with Gasteiger partial charge in [-0.3, -0.25) is 0 Å². The van der Waals surface area contributed by atoms with Crippen LogP contribution in [0, 0.1) is 18.9 Å². The van der Waals surface area contributed by atoms with Crippen LogP contribution >= 0.6 is 0 Å². The summed E-state index contributed by atoms with van der Waals surface area (Å²) in [6.45, 7) is 11.6. The zero-order valence-corrected chi connectivity index (χ0v) is 13.4. The summed E-state index contributed by atoms with van der Waals surface area (Å²) in [5, 5.41) is 0. The number of unbranched alkanes of at least 4 members (excludes halogenated alkanes) is 2. The molecule has 0 aliphatic rings. The predicted molar refractivity (Wildman–Crippen MR) is 83.5 cm³/mol. The van der Waals surface area contributed by atoms with Gasteiger partial charge in [0.25, 0.3) is 0 Å². The third-order valence-corrected chi connectivity index (χ3v) is 4.12. The van der Waals surface area contributed by atoms with E-state index in [0.717, 1.165) is 11.8 Å². The summed E-state index contributed by atoms with van der Waals surface area (Å²) < 4.78 is 0. The monoisotopic (exact) mass is 254 g/mol. The fourth-order valence-electron chi connectivity index (χ4n) is 2.64. The maximum absolute atomic E-state index is 4.26. The Morgan fingerprint density at radius 3 is 1.44 bits per heavy atom. The van der Waals surface area contributed by atoms with Crippen molar-refractivity contribution in [2.24, 2.45) is 11.8 Å². The van der Waals surface area contributed by atoms with Crippen molar-refractivity contribution in [2.45, 2.75) is 79.1 Å². The van der Waals surface area contributed by atoms with Crippen LogP contribution in [0.1, 0.15) is 79.1 Å². The summed E-state index contributed by atoms with van der Waals surface area (Å²) in [5.41, 5.74) is 0. The second-order valence-electron chi connectivity index (χ2n) is 5.87. The van der Waals surface area contributed by atoms with E-state index in [1.54, 1.807) is 0 Å². The number of rotatable bonds is 12. The molecule has 0 saturated heterocycles. The van der Waals surface area contributed by atoms with Crippen molar-refractivity contribution >= 4 is 0 Å². The minimum Gasteiger partial charge on any atom is -0.302 e. The molecule has 0 aliphatic carbocycles. The normalized spacial score (nSPS) is 15.0. The molecule has 0 spiro atoms. The molecule has 1 radical (unpaired) electrons. The zero-order valence-electron chi connectivity index (χ0n) is 13.4. The highest BCUT2D eigenvalue weighted by molar-refractivity contribution is 4.69. The van der Waals surface area contributed by atoms with Gasteiger partial charge in [-0.25, -0.2) is 0 Å². The highest BCUT2D eigenvalue weighted by atomic mass is 15.1. The minimum atomic E-state index is 0.853. The molecule has 2 unspecified atom stereocenters. The SMILES string of the molecule is [CH2]N(CC(CC)CCCC)CC(CC)CCCC. The van der Waals surface area contributed by atoms with Gasteiger partial charge in [0.2, 0.25) is 0 Å². The van der Waals surface area contributed by atoms with E-state index in [-0.39, 0.29) is 0 Å². The van der Waals surface area contributed by atoms with Crippen LogP contribution in [0.3, 0.4) is 0 Å². The average molecular weight is 254 g/mol. The molecule has 0 N–H and O–H groups in total. The summed E-state index contributed by atoms with van der Waals surface area (Å²) in [6, 6.07) is 0. The smallest absolute Gasteiger partial charge is 0.0110 e. The van der Waals surface area contributed by atoms with Crippen LogP contribution in [0.25, 0.3) is 0 Å². The standard InChI is InChI=1S/C17H36N/c1-6-10-12-16(8-3)14-18(5)15-17(9-4)13-11-7-2/h16-17H,5-15H2,1-4H3. The van der Waals surface area contributed by atoms with Crippen LogP contribution in [0.5, 0.6) is 0 Å². The van der Waals surface area contributed by atoms with Gasteiger partial charge in [-0.15, -0.1) is 0 Å². The topological polar surface area (TPSA) is 3.24 Å². The molecular weight excluding hydrogens is 218 g/mol. The van der Waals surface area contributed by atoms with Gasteiger partial charge in [0.05, 0.1) is 0 Å². The molecule has 0 amide bonds. The van der Waals surface area contributed by atoms with Gasteiger partial charge >= 0.3 is 0 Å². The maximum Gasteiger partial charge on any atom is 0.0110 e. The minimum absolute atomic E-state index is 0.853. The van der Waals surface area contributed by atoms with E-state index in [0.29, 0.717) is 0 Å². The van der Waals surface area contributed by atoms with Crippen LogP contribution in [-0.4, -0.2) is 18.0 Å². The van der Waals surface area contributed by atoms with Crippen LogP contribution < -0.4 is 0 Å². The molecule has 0 aromatic rings. The molecule has 0 aliphatic heterocycles. The van der Waals surface area contributed by atoms with E-state index in [9.17, 15) is 0 Å². The van der Waals surface area contributed by atoms with Crippen LogP contribution in [0.4, 0.5) is 0 Å². The summed E-state index contributed by atoms with van der Waals surface area (Å²) in [4.78, 5) is 2.34. The number of hydrogen-bond acceptors (Lipinski definition) is 1. The van der Waals surface area contributed by atoms with E-state index in [1.165, 1.54) is 64.5 Å². The molecular formula is C17H36N. The first-order valence-corrected chi connectivity index (χ1v) is 8.23. The molecule has 1 nitrogen and oxygen atoms in total. The van der Waals surface area contributed by atoms with Gasteiger partial charge in [0.1, 0.15) is 0 Å². The highest BCUT2D eigenvalue weighted by Crippen LogP contribution is 2.18. The van der Waals surface area contributed by atoms with Crippen molar-refractivity contribution in [1.82, 2.24) is 4.90 Å². The Bertz CT molecular complexity index is 149. The van der Waals surface area contributed by atoms with Crippen molar-refractivity contribution in [3.8, 4) is 0 Å². The van der Waals surface area contributed by atoms with Crippen molar-refractivity contribution in [1.29, 1.82) is 0 Å². The van der Waals surface area contributed by atoms with E-state index >= 15 is 0 Å². The first-order valence-electron chi connectivity index (χ1n) is 8.23. The number of hydrogen-bond donors (Lipinski definition) is 0. The number of nitrogens with zero attached hydrogens (tertiary/aromatic N) is 1. The quantitative estimate of drug-likeness (QED) is 0.443. The third kappa shape index (κ3) is 8.97. The van der Waals surface area contributed by atoms with Crippen molar-refractivity contribution in [2.75, 3.05) is 13.1 Å². The van der Waals surface area contributed by atoms with Gasteiger partial charge in [-0.05, 0) is 24.7 Å². The largest absolute Gasteiger partial charge is 0.302 e. The lowest BCUT2D eigenvalue weighted by Crippen LogP contribution is -2.29. The molecule has 0 rings (SSSR count). The molecule has 0 aromatic carbocycles. The summed E-state index contributed by atoms with van der Waals surface area (Å²) >= 11 is 0. The lowest BCUT2D eigenvalue weighted by molar-refractivity contribution is 0.236. The highest BCUT2D eigenvalue weighted by Gasteiger charge is 2.13. The Labute approximate surface area is 116 Å². The third-order valence-electron chi connectivity index (χ3n) is 4.12. The fourth-order valence-corrected chi connectivity index (χ4v) is 2.64. The molecule has 0 fully saturated rings. The van der Waals surface area contributed by atoms with E-state index in [1.807, 2.05) is 0 Å². The van der Waals surface area contributed by atoms with Crippen molar-refractivity contribution < 1.29 is 0 Å². The van der Waals surface area contributed by atoms with Gasteiger partial charge in [-0.2, -0.15) is 0 Å². The molecule has 2 atom stereocenters. The second-order valence-corrected chi connectivity index (χ2v) is 5.87. The van der Waals surface area contributed by atoms with Gasteiger partial charge in [0, 0.05) is 20.1 Å². The van der Waals surface area contributed by atoms with Gasteiger partial charge in [0.15, 0.2) is 0 Å². The molecule has 0 heterocycles. The Balaban J connectivity index is 3.92. The molecule has 0 bridgehead atoms. The lowest BCUT2D eigenvalue weighted by atomic mass is 9.96. The maximum atomic E-state index is 4.26. The Morgan fingerprint density at radius 2 is 1.17 bits per heavy atom.